The third kappa shape index (κ3) is 5.36. The van der Waals surface area contributed by atoms with Crippen molar-refractivity contribution in [2.24, 2.45) is 5.73 Å². The van der Waals surface area contributed by atoms with Crippen LogP contribution < -0.4 is 16.4 Å². The monoisotopic (exact) mass is 311 g/mol. The van der Waals surface area contributed by atoms with Crippen LogP contribution in [0.2, 0.25) is 0 Å². The molecular formula is C15H22ClN3O2. The number of carbonyl (C=O) groups is 2. The molecule has 0 aromatic heterocycles. The van der Waals surface area contributed by atoms with E-state index in [0.717, 1.165) is 25.7 Å². The number of benzene rings is 1. The average Bonchev–Trinajstić information content (AvgIpc) is 2.41. The minimum Gasteiger partial charge on any atom is -0.349 e. The van der Waals surface area contributed by atoms with Crippen LogP contribution in [-0.2, 0) is 4.79 Å². The molecule has 21 heavy (non-hydrogen) atoms. The van der Waals surface area contributed by atoms with Gasteiger partial charge in [-0.25, -0.2) is 0 Å². The fourth-order valence-corrected chi connectivity index (χ4v) is 2.44. The van der Waals surface area contributed by atoms with Crippen molar-refractivity contribution in [2.45, 2.75) is 44.7 Å². The molecule has 0 bridgehead atoms. The van der Waals surface area contributed by atoms with E-state index in [0.29, 0.717) is 11.3 Å². The van der Waals surface area contributed by atoms with Gasteiger partial charge in [0.1, 0.15) is 0 Å². The summed E-state index contributed by atoms with van der Waals surface area (Å²) in [4.78, 5) is 23.0. The Morgan fingerprint density at radius 3 is 2.19 bits per heavy atom. The van der Waals surface area contributed by atoms with E-state index in [1.54, 1.807) is 24.3 Å². The van der Waals surface area contributed by atoms with E-state index in [9.17, 15) is 9.59 Å². The summed E-state index contributed by atoms with van der Waals surface area (Å²) in [5, 5.41) is 5.71. The number of hydrogen-bond acceptors (Lipinski definition) is 3. The van der Waals surface area contributed by atoms with Gasteiger partial charge in [-0.1, -0.05) is 0 Å². The highest BCUT2D eigenvalue weighted by molar-refractivity contribution is 5.95. The lowest BCUT2D eigenvalue weighted by Gasteiger charge is -2.26. The Morgan fingerprint density at radius 2 is 1.67 bits per heavy atom. The molecule has 0 atom stereocenters. The molecular weight excluding hydrogens is 290 g/mol. The van der Waals surface area contributed by atoms with Crippen LogP contribution in [0.15, 0.2) is 24.3 Å². The van der Waals surface area contributed by atoms with Crippen LogP contribution in [0.5, 0.6) is 0 Å². The van der Waals surface area contributed by atoms with Crippen LogP contribution in [0.3, 0.4) is 0 Å². The lowest BCUT2D eigenvalue weighted by molar-refractivity contribution is -0.114. The maximum atomic E-state index is 12.1. The molecule has 5 nitrogen and oxygen atoms in total. The molecule has 4 N–H and O–H groups in total. The molecule has 1 aliphatic carbocycles. The second kappa shape index (κ2) is 8.00. The number of carbonyl (C=O) groups excluding carboxylic acids is 2. The van der Waals surface area contributed by atoms with Gasteiger partial charge in [0.2, 0.25) is 5.91 Å². The molecule has 0 unspecified atom stereocenters. The van der Waals surface area contributed by atoms with Gasteiger partial charge in [0.25, 0.3) is 5.91 Å². The second-order valence-electron chi connectivity index (χ2n) is 5.34. The number of hydrogen-bond donors (Lipinski definition) is 3. The van der Waals surface area contributed by atoms with Crippen molar-refractivity contribution in [3.63, 3.8) is 0 Å². The van der Waals surface area contributed by atoms with Gasteiger partial charge in [-0.15, -0.1) is 12.4 Å². The third-order valence-corrected chi connectivity index (χ3v) is 3.57. The van der Waals surface area contributed by atoms with Gasteiger partial charge in [0, 0.05) is 30.3 Å². The SMILES string of the molecule is CC(=O)Nc1ccc(C(=O)NC2CCC(N)CC2)cc1.Cl. The van der Waals surface area contributed by atoms with Crippen LogP contribution in [-0.4, -0.2) is 23.9 Å². The summed E-state index contributed by atoms with van der Waals surface area (Å²) in [6, 6.07) is 7.39. The lowest BCUT2D eigenvalue weighted by Crippen LogP contribution is -2.40. The first-order valence-corrected chi connectivity index (χ1v) is 6.98. The number of halogens is 1. The molecule has 1 aromatic rings. The van der Waals surface area contributed by atoms with Crippen LogP contribution in [0, 0.1) is 0 Å². The number of rotatable bonds is 3. The van der Waals surface area contributed by atoms with Gasteiger partial charge in [0.05, 0.1) is 0 Å². The Kier molecular flexibility index (Phi) is 6.65. The number of anilines is 1. The van der Waals surface area contributed by atoms with E-state index in [-0.39, 0.29) is 36.3 Å². The summed E-state index contributed by atoms with van der Waals surface area (Å²) in [6.45, 7) is 1.45. The van der Waals surface area contributed by atoms with Crippen molar-refractivity contribution >= 4 is 29.9 Å². The lowest BCUT2D eigenvalue weighted by atomic mass is 9.91. The van der Waals surface area contributed by atoms with Crippen LogP contribution in [0.1, 0.15) is 43.0 Å². The van der Waals surface area contributed by atoms with Gasteiger partial charge < -0.3 is 16.4 Å². The first-order valence-electron chi connectivity index (χ1n) is 6.98. The standard InChI is InChI=1S/C15H21N3O2.ClH/c1-10(19)17-13-6-2-11(3-7-13)15(20)18-14-8-4-12(16)5-9-14;/h2-3,6-7,12,14H,4-5,8-9,16H2,1H3,(H,17,19)(H,18,20);1H. The van der Waals surface area contributed by atoms with E-state index in [2.05, 4.69) is 10.6 Å². The highest BCUT2D eigenvalue weighted by atomic mass is 35.5. The Balaban J connectivity index is 0.00000220. The van der Waals surface area contributed by atoms with Crippen molar-refractivity contribution in [2.75, 3.05) is 5.32 Å². The maximum Gasteiger partial charge on any atom is 0.251 e. The van der Waals surface area contributed by atoms with E-state index < -0.39 is 0 Å². The van der Waals surface area contributed by atoms with Crippen molar-refractivity contribution in [3.05, 3.63) is 29.8 Å². The fourth-order valence-electron chi connectivity index (χ4n) is 2.44. The van der Waals surface area contributed by atoms with Crippen molar-refractivity contribution in [1.29, 1.82) is 0 Å². The molecule has 0 spiro atoms. The second-order valence-corrected chi connectivity index (χ2v) is 5.34. The molecule has 1 aromatic carbocycles. The Bertz CT molecular complexity index is 482. The van der Waals surface area contributed by atoms with Gasteiger partial charge in [-0.05, 0) is 49.9 Å². The van der Waals surface area contributed by atoms with E-state index in [4.69, 9.17) is 5.73 Å². The van der Waals surface area contributed by atoms with E-state index in [1.807, 2.05) is 0 Å². The summed E-state index contributed by atoms with van der Waals surface area (Å²) in [6.07, 6.45) is 3.81. The quantitative estimate of drug-likeness (QED) is 0.799. The van der Waals surface area contributed by atoms with Gasteiger partial charge >= 0.3 is 0 Å². The number of amides is 2. The van der Waals surface area contributed by atoms with Crippen molar-refractivity contribution in [1.82, 2.24) is 5.32 Å². The van der Waals surface area contributed by atoms with Crippen LogP contribution >= 0.6 is 12.4 Å². The summed E-state index contributed by atoms with van der Waals surface area (Å²) in [5.41, 5.74) is 7.15. The van der Waals surface area contributed by atoms with Crippen LogP contribution in [0.4, 0.5) is 5.69 Å². The summed E-state index contributed by atoms with van der Waals surface area (Å²) < 4.78 is 0. The topological polar surface area (TPSA) is 84.2 Å². The molecule has 0 heterocycles. The van der Waals surface area contributed by atoms with E-state index in [1.165, 1.54) is 6.92 Å². The predicted molar refractivity (Wildman–Crippen MR) is 85.7 cm³/mol. The van der Waals surface area contributed by atoms with Gasteiger partial charge in [-0.2, -0.15) is 0 Å². The number of nitrogens with one attached hydrogen (secondary N) is 2. The predicted octanol–water partition coefficient (Wildman–Crippen LogP) is 2.07. The molecule has 0 aliphatic heterocycles. The maximum absolute atomic E-state index is 12.1. The zero-order valence-corrected chi connectivity index (χ0v) is 12.9. The smallest absolute Gasteiger partial charge is 0.251 e. The third-order valence-electron chi connectivity index (χ3n) is 3.57. The van der Waals surface area contributed by atoms with Gasteiger partial charge in [-0.3, -0.25) is 9.59 Å². The molecule has 6 heteroatoms. The van der Waals surface area contributed by atoms with Gasteiger partial charge in [0.15, 0.2) is 0 Å². The first-order chi connectivity index (χ1) is 9.54. The largest absolute Gasteiger partial charge is 0.349 e. The molecule has 116 valence electrons. The highest BCUT2D eigenvalue weighted by Crippen LogP contribution is 2.17. The number of nitrogens with two attached hydrogens (primary N) is 1. The zero-order valence-electron chi connectivity index (χ0n) is 12.1. The Morgan fingerprint density at radius 1 is 1.10 bits per heavy atom. The summed E-state index contributed by atoms with van der Waals surface area (Å²) >= 11 is 0. The minimum absolute atomic E-state index is 0. The summed E-state index contributed by atoms with van der Waals surface area (Å²) in [5.74, 6) is -0.194. The normalized spacial score (nSPS) is 21.0. The molecule has 0 radical (unpaired) electrons. The molecule has 0 saturated heterocycles. The molecule has 2 rings (SSSR count). The molecule has 1 saturated carbocycles. The van der Waals surface area contributed by atoms with Crippen molar-refractivity contribution < 1.29 is 9.59 Å². The van der Waals surface area contributed by atoms with Crippen molar-refractivity contribution in [3.8, 4) is 0 Å². The van der Waals surface area contributed by atoms with E-state index >= 15 is 0 Å². The fraction of sp³-hybridized carbons (Fsp3) is 0.467. The molecule has 2 amide bonds. The average molecular weight is 312 g/mol. The van der Waals surface area contributed by atoms with Crippen LogP contribution in [0.25, 0.3) is 0 Å². The minimum atomic E-state index is -0.124. The molecule has 1 aliphatic rings. The first kappa shape index (κ1) is 17.5. The molecule has 1 fully saturated rings. The summed E-state index contributed by atoms with van der Waals surface area (Å²) in [7, 11) is 0. The Labute approximate surface area is 131 Å². The Hall–Kier alpha value is -1.59. The highest BCUT2D eigenvalue weighted by Gasteiger charge is 2.20. The zero-order chi connectivity index (χ0) is 14.5.